The Morgan fingerprint density at radius 1 is 0.825 bits per heavy atom. The average Bonchev–Trinajstić information content (AvgIpc) is 2.94. The third kappa shape index (κ3) is 7.08. The molecule has 13 heteroatoms. The van der Waals surface area contributed by atoms with Crippen molar-refractivity contribution in [1.29, 1.82) is 0 Å². The van der Waals surface area contributed by atoms with Crippen molar-refractivity contribution in [3.8, 4) is 23.0 Å². The maximum atomic E-state index is 13.7. The molecular formula is C27H29F3N2O7S. The summed E-state index contributed by atoms with van der Waals surface area (Å²) in [6, 6.07) is 12.7. The van der Waals surface area contributed by atoms with Crippen LogP contribution in [0.1, 0.15) is 11.1 Å². The molecular weight excluding hydrogens is 553 g/mol. The van der Waals surface area contributed by atoms with Gasteiger partial charge in [0.05, 0.1) is 44.6 Å². The lowest BCUT2D eigenvalue weighted by Crippen LogP contribution is -2.41. The van der Waals surface area contributed by atoms with Crippen molar-refractivity contribution < 1.29 is 45.3 Å². The monoisotopic (exact) mass is 582 g/mol. The van der Waals surface area contributed by atoms with E-state index in [1.54, 1.807) is 18.2 Å². The molecule has 0 aliphatic carbocycles. The highest BCUT2D eigenvalue weighted by Crippen LogP contribution is 2.35. The number of methoxy groups -OCH3 is 4. The first-order valence-electron chi connectivity index (χ1n) is 11.8. The van der Waals surface area contributed by atoms with Gasteiger partial charge in [0.15, 0.2) is 23.0 Å². The van der Waals surface area contributed by atoms with Crippen LogP contribution in [-0.4, -0.2) is 55.9 Å². The lowest BCUT2D eigenvalue weighted by atomic mass is 10.1. The minimum absolute atomic E-state index is 0.0898. The van der Waals surface area contributed by atoms with Crippen molar-refractivity contribution in [1.82, 2.24) is 5.32 Å². The summed E-state index contributed by atoms with van der Waals surface area (Å²) in [4.78, 5) is 12.6. The first kappa shape index (κ1) is 30.4. The zero-order valence-corrected chi connectivity index (χ0v) is 23.1. The van der Waals surface area contributed by atoms with Gasteiger partial charge in [-0.05, 0) is 54.4 Å². The van der Waals surface area contributed by atoms with Gasteiger partial charge in [0.25, 0.3) is 10.0 Å². The SMILES string of the molecule is COc1ccc(CCNC(=O)CN(c2cccc(C(F)(F)F)c2)S(=O)(=O)c2ccc(OC)c(OC)c2)cc1OC. The molecule has 0 spiro atoms. The Morgan fingerprint density at radius 2 is 1.43 bits per heavy atom. The summed E-state index contributed by atoms with van der Waals surface area (Å²) in [6.45, 7) is -0.648. The molecule has 0 aromatic heterocycles. The highest BCUT2D eigenvalue weighted by Gasteiger charge is 2.33. The second-order valence-corrected chi connectivity index (χ2v) is 10.2. The first-order chi connectivity index (χ1) is 18.9. The number of nitrogens with zero attached hydrogens (tertiary/aromatic N) is 1. The van der Waals surface area contributed by atoms with Gasteiger partial charge >= 0.3 is 6.18 Å². The Bertz CT molecular complexity index is 1450. The number of anilines is 1. The highest BCUT2D eigenvalue weighted by atomic mass is 32.2. The van der Waals surface area contributed by atoms with Crippen molar-refractivity contribution in [2.45, 2.75) is 17.5 Å². The maximum Gasteiger partial charge on any atom is 0.416 e. The molecule has 3 rings (SSSR count). The number of halogens is 3. The van der Waals surface area contributed by atoms with E-state index < -0.39 is 34.2 Å². The summed E-state index contributed by atoms with van der Waals surface area (Å²) in [6.07, 6.45) is -4.35. The number of nitrogens with one attached hydrogen (secondary N) is 1. The van der Waals surface area contributed by atoms with Crippen LogP contribution >= 0.6 is 0 Å². The fraction of sp³-hybridized carbons (Fsp3) is 0.296. The summed E-state index contributed by atoms with van der Waals surface area (Å²) in [5.41, 5.74) is -0.586. The van der Waals surface area contributed by atoms with Crippen LogP contribution in [0.3, 0.4) is 0 Å². The van der Waals surface area contributed by atoms with Gasteiger partial charge in [-0.2, -0.15) is 13.2 Å². The van der Waals surface area contributed by atoms with Crippen molar-refractivity contribution in [3.63, 3.8) is 0 Å². The third-order valence-corrected chi connectivity index (χ3v) is 7.65. The van der Waals surface area contributed by atoms with Crippen molar-refractivity contribution >= 4 is 21.6 Å². The lowest BCUT2D eigenvalue weighted by molar-refractivity contribution is -0.137. The van der Waals surface area contributed by atoms with Crippen molar-refractivity contribution in [3.05, 3.63) is 71.8 Å². The van der Waals surface area contributed by atoms with Crippen LogP contribution in [-0.2, 0) is 27.4 Å². The van der Waals surface area contributed by atoms with E-state index in [0.717, 1.165) is 17.7 Å². The minimum atomic E-state index is -4.73. The topological polar surface area (TPSA) is 103 Å². The second kappa shape index (κ2) is 12.8. The molecule has 0 aliphatic rings. The Kier molecular flexibility index (Phi) is 9.74. The van der Waals surface area contributed by atoms with Crippen LogP contribution in [0.25, 0.3) is 0 Å². The molecule has 0 atom stereocenters. The van der Waals surface area contributed by atoms with Gasteiger partial charge in [-0.1, -0.05) is 12.1 Å². The van der Waals surface area contributed by atoms with E-state index >= 15 is 0 Å². The molecule has 0 fully saturated rings. The highest BCUT2D eigenvalue weighted by molar-refractivity contribution is 7.92. The number of hydrogen-bond acceptors (Lipinski definition) is 7. The number of carbonyl (C=O) groups excluding carboxylic acids is 1. The fourth-order valence-corrected chi connectivity index (χ4v) is 5.25. The third-order valence-electron chi connectivity index (χ3n) is 5.88. The van der Waals surface area contributed by atoms with Gasteiger partial charge in [0.1, 0.15) is 6.54 Å². The Hall–Kier alpha value is -4.13. The average molecular weight is 583 g/mol. The molecule has 0 unspecified atom stereocenters. The predicted molar refractivity (Wildman–Crippen MR) is 142 cm³/mol. The second-order valence-electron chi connectivity index (χ2n) is 8.37. The predicted octanol–water partition coefficient (Wildman–Crippen LogP) is 4.29. The number of benzene rings is 3. The van der Waals surface area contributed by atoms with E-state index in [4.69, 9.17) is 18.9 Å². The van der Waals surface area contributed by atoms with E-state index in [9.17, 15) is 26.4 Å². The van der Waals surface area contributed by atoms with Gasteiger partial charge in [-0.3, -0.25) is 9.10 Å². The van der Waals surface area contributed by atoms with Crippen LogP contribution in [0.2, 0.25) is 0 Å². The quantitative estimate of drug-likeness (QED) is 0.340. The summed E-state index contributed by atoms with van der Waals surface area (Å²) >= 11 is 0. The first-order valence-corrected chi connectivity index (χ1v) is 13.3. The van der Waals surface area contributed by atoms with Gasteiger partial charge in [0.2, 0.25) is 5.91 Å². The number of alkyl halides is 3. The summed E-state index contributed by atoms with van der Waals surface area (Å²) in [5, 5.41) is 2.62. The van der Waals surface area contributed by atoms with Crippen LogP contribution in [0, 0.1) is 0 Å². The standard InChI is InChI=1S/C27H29F3N2O7S/c1-36-22-10-8-18(14-24(22)38-3)12-13-31-26(33)17-32(20-7-5-6-19(15-20)27(28,29)30)40(34,35)21-9-11-23(37-2)25(16-21)39-4/h5-11,14-16H,12-13,17H2,1-4H3,(H,31,33). The minimum Gasteiger partial charge on any atom is -0.493 e. The van der Waals surface area contributed by atoms with Gasteiger partial charge in [-0.15, -0.1) is 0 Å². The van der Waals surface area contributed by atoms with Crippen LogP contribution < -0.4 is 28.6 Å². The van der Waals surface area contributed by atoms with Crippen molar-refractivity contribution in [2.24, 2.45) is 0 Å². The molecule has 0 aliphatic heterocycles. The molecule has 0 radical (unpaired) electrons. The van der Waals surface area contributed by atoms with Crippen LogP contribution in [0.4, 0.5) is 18.9 Å². The molecule has 1 amide bonds. The number of sulfonamides is 1. The largest absolute Gasteiger partial charge is 0.493 e. The molecule has 0 bridgehead atoms. The number of amides is 1. The normalized spacial score (nSPS) is 11.5. The van der Waals surface area contributed by atoms with Gasteiger partial charge in [0, 0.05) is 12.6 Å². The zero-order chi connectivity index (χ0) is 29.5. The number of hydrogen-bond donors (Lipinski definition) is 1. The van der Waals surface area contributed by atoms with E-state index in [1.165, 1.54) is 52.7 Å². The smallest absolute Gasteiger partial charge is 0.416 e. The number of carbonyl (C=O) groups is 1. The van der Waals surface area contributed by atoms with E-state index in [2.05, 4.69) is 5.32 Å². The van der Waals surface area contributed by atoms with E-state index in [1.807, 2.05) is 0 Å². The molecule has 1 N–H and O–H groups in total. The van der Waals surface area contributed by atoms with E-state index in [0.29, 0.717) is 28.3 Å². The molecule has 0 saturated carbocycles. The molecule has 3 aromatic carbocycles. The Morgan fingerprint density at radius 3 is 2.02 bits per heavy atom. The Balaban J connectivity index is 1.89. The number of rotatable bonds is 12. The molecule has 0 heterocycles. The Labute approximate surface area is 230 Å². The maximum absolute atomic E-state index is 13.7. The molecule has 3 aromatic rings. The van der Waals surface area contributed by atoms with Crippen LogP contribution in [0.15, 0.2) is 65.6 Å². The fourth-order valence-electron chi connectivity index (χ4n) is 3.83. The van der Waals surface area contributed by atoms with E-state index in [-0.39, 0.29) is 28.6 Å². The van der Waals surface area contributed by atoms with Crippen molar-refractivity contribution in [2.75, 3.05) is 45.8 Å². The van der Waals surface area contributed by atoms with Crippen LogP contribution in [0.5, 0.6) is 23.0 Å². The summed E-state index contributed by atoms with van der Waals surface area (Å²) in [7, 11) is 1.15. The lowest BCUT2D eigenvalue weighted by Gasteiger charge is -2.25. The molecule has 0 saturated heterocycles. The number of ether oxygens (including phenoxy) is 4. The van der Waals surface area contributed by atoms with Gasteiger partial charge in [-0.25, -0.2) is 8.42 Å². The molecule has 40 heavy (non-hydrogen) atoms. The van der Waals surface area contributed by atoms with Gasteiger partial charge < -0.3 is 24.3 Å². The summed E-state index contributed by atoms with van der Waals surface area (Å²) < 4.78 is 89.0. The molecule has 216 valence electrons. The summed E-state index contributed by atoms with van der Waals surface area (Å²) in [5.74, 6) is 0.657. The zero-order valence-electron chi connectivity index (χ0n) is 22.2. The molecule has 9 nitrogen and oxygen atoms in total.